The summed E-state index contributed by atoms with van der Waals surface area (Å²) in [5.74, 6) is -0.552. The highest BCUT2D eigenvalue weighted by Crippen LogP contribution is 2.12. The number of hydrogen-bond acceptors (Lipinski definition) is 6. The second kappa shape index (κ2) is 9.80. The molecule has 0 saturated carbocycles. The number of benzene rings is 2. The van der Waals surface area contributed by atoms with E-state index in [0.29, 0.717) is 34.4 Å². The Morgan fingerprint density at radius 1 is 1.06 bits per heavy atom. The van der Waals surface area contributed by atoms with Crippen LogP contribution in [0, 0.1) is 0 Å². The van der Waals surface area contributed by atoms with Crippen LogP contribution in [-0.2, 0) is 27.8 Å². The quantitative estimate of drug-likeness (QED) is 0.443. The summed E-state index contributed by atoms with van der Waals surface area (Å²) in [6.45, 7) is 1.36. The number of Topliss-reactive ketones (excluding diaryl/α,β-unsaturated/α-hetero) is 1. The number of rotatable bonds is 8. The van der Waals surface area contributed by atoms with E-state index in [2.05, 4.69) is 10.3 Å². The maximum Gasteiger partial charge on any atom is 0.306 e. The van der Waals surface area contributed by atoms with E-state index in [4.69, 9.17) is 4.74 Å². The highest BCUT2D eigenvalue weighted by Gasteiger charge is 2.13. The molecule has 3 aromatic rings. The van der Waals surface area contributed by atoms with Gasteiger partial charge in [0.25, 0.3) is 5.56 Å². The number of esters is 1. The number of hydrogen-bond donors (Lipinski definition) is 1. The molecule has 31 heavy (non-hydrogen) atoms. The van der Waals surface area contributed by atoms with E-state index in [0.717, 1.165) is 0 Å². The lowest BCUT2D eigenvalue weighted by Gasteiger charge is -2.09. The van der Waals surface area contributed by atoms with Gasteiger partial charge >= 0.3 is 5.97 Å². The van der Waals surface area contributed by atoms with Crippen LogP contribution >= 0.6 is 0 Å². The Bertz CT molecular complexity index is 1180. The third kappa shape index (κ3) is 5.42. The number of aryl methyl sites for hydroxylation is 1. The molecule has 0 spiro atoms. The summed E-state index contributed by atoms with van der Waals surface area (Å²) in [4.78, 5) is 52.6. The van der Waals surface area contributed by atoms with Crippen LogP contribution in [0.2, 0.25) is 0 Å². The average Bonchev–Trinajstić information content (AvgIpc) is 2.79. The molecular formula is C23H23N3O5. The van der Waals surface area contributed by atoms with Crippen molar-refractivity contribution in [2.45, 2.75) is 26.2 Å². The number of nitrogens with zero attached hydrogens (tertiary/aromatic N) is 2. The predicted molar refractivity (Wildman–Crippen MR) is 116 cm³/mol. The summed E-state index contributed by atoms with van der Waals surface area (Å²) in [5.41, 5.74) is 1.36. The summed E-state index contributed by atoms with van der Waals surface area (Å²) in [6, 6.07) is 13.4. The molecule has 3 rings (SSSR count). The van der Waals surface area contributed by atoms with E-state index in [1.807, 2.05) is 0 Å². The Balaban J connectivity index is 1.54. The lowest BCUT2D eigenvalue weighted by atomic mass is 10.1. The van der Waals surface area contributed by atoms with Crippen molar-refractivity contribution in [3.63, 3.8) is 0 Å². The first kappa shape index (κ1) is 21.9. The Morgan fingerprint density at radius 3 is 2.48 bits per heavy atom. The van der Waals surface area contributed by atoms with Crippen molar-refractivity contribution in [1.82, 2.24) is 9.55 Å². The molecule has 1 aromatic heterocycles. The van der Waals surface area contributed by atoms with Gasteiger partial charge in [0, 0.05) is 31.1 Å². The highest BCUT2D eigenvalue weighted by molar-refractivity contribution is 5.98. The number of nitrogens with one attached hydrogen (secondary N) is 1. The zero-order chi connectivity index (χ0) is 22.4. The van der Waals surface area contributed by atoms with Crippen molar-refractivity contribution in [2.24, 2.45) is 7.05 Å². The second-order valence-corrected chi connectivity index (χ2v) is 6.97. The molecule has 160 valence electrons. The number of aromatic nitrogens is 2. The van der Waals surface area contributed by atoms with E-state index in [9.17, 15) is 19.2 Å². The SMILES string of the molecule is CCC(=O)Nc1ccc(C(=O)COC(=O)CCc2nc3ccccc3c(=O)n2C)cc1. The van der Waals surface area contributed by atoms with Gasteiger partial charge in [-0.15, -0.1) is 0 Å². The Labute approximate surface area is 178 Å². The van der Waals surface area contributed by atoms with Gasteiger partial charge in [0.1, 0.15) is 5.82 Å². The normalized spacial score (nSPS) is 10.6. The maximum absolute atomic E-state index is 12.4. The van der Waals surface area contributed by atoms with Gasteiger partial charge in [-0.3, -0.25) is 23.7 Å². The highest BCUT2D eigenvalue weighted by atomic mass is 16.5. The topological polar surface area (TPSA) is 107 Å². The average molecular weight is 421 g/mol. The van der Waals surface area contributed by atoms with Gasteiger partial charge in [-0.2, -0.15) is 0 Å². The van der Waals surface area contributed by atoms with Gasteiger partial charge < -0.3 is 10.1 Å². The van der Waals surface area contributed by atoms with Crippen LogP contribution in [0.5, 0.6) is 0 Å². The van der Waals surface area contributed by atoms with E-state index >= 15 is 0 Å². The van der Waals surface area contributed by atoms with Crippen LogP contribution in [0.15, 0.2) is 53.3 Å². The standard InChI is InChI=1S/C23H23N3O5/c1-3-21(28)24-16-10-8-15(9-11-16)19(27)14-31-22(29)13-12-20-25-18-7-5-4-6-17(18)23(30)26(20)2/h4-11H,3,12-14H2,1-2H3,(H,24,28). The fourth-order valence-corrected chi connectivity index (χ4v) is 2.99. The molecule has 0 aliphatic rings. The summed E-state index contributed by atoms with van der Waals surface area (Å²) in [6.07, 6.45) is 0.572. The van der Waals surface area contributed by atoms with Crippen molar-refractivity contribution in [3.05, 3.63) is 70.3 Å². The van der Waals surface area contributed by atoms with Gasteiger partial charge in [0.05, 0.1) is 17.3 Å². The molecule has 0 fully saturated rings. The van der Waals surface area contributed by atoms with Crippen LogP contribution in [-0.4, -0.2) is 33.8 Å². The molecule has 2 aromatic carbocycles. The number of ether oxygens (including phenoxy) is 1. The van der Waals surface area contributed by atoms with E-state index < -0.39 is 5.97 Å². The van der Waals surface area contributed by atoms with Crippen molar-refractivity contribution in [2.75, 3.05) is 11.9 Å². The minimum Gasteiger partial charge on any atom is -0.457 e. The van der Waals surface area contributed by atoms with Gasteiger partial charge in [0.15, 0.2) is 12.4 Å². The Kier molecular flexibility index (Phi) is 6.92. The lowest BCUT2D eigenvalue weighted by Crippen LogP contribution is -2.23. The first-order valence-corrected chi connectivity index (χ1v) is 9.92. The lowest BCUT2D eigenvalue weighted by molar-refractivity contribution is -0.142. The van der Waals surface area contributed by atoms with Crippen LogP contribution in [0.3, 0.4) is 0 Å². The second-order valence-electron chi connectivity index (χ2n) is 6.97. The monoisotopic (exact) mass is 421 g/mol. The van der Waals surface area contributed by atoms with Crippen molar-refractivity contribution in [1.29, 1.82) is 0 Å². The van der Waals surface area contributed by atoms with Crippen molar-refractivity contribution in [3.8, 4) is 0 Å². The number of fused-ring (bicyclic) bond motifs is 1. The molecule has 0 aliphatic carbocycles. The number of amides is 1. The van der Waals surface area contributed by atoms with E-state index in [-0.39, 0.29) is 36.7 Å². The molecule has 8 heteroatoms. The van der Waals surface area contributed by atoms with Gasteiger partial charge in [0.2, 0.25) is 5.91 Å². The van der Waals surface area contributed by atoms with E-state index in [1.165, 1.54) is 4.57 Å². The zero-order valence-electron chi connectivity index (χ0n) is 17.4. The number of anilines is 1. The fourth-order valence-electron chi connectivity index (χ4n) is 2.99. The molecule has 0 unspecified atom stereocenters. The molecule has 0 radical (unpaired) electrons. The van der Waals surface area contributed by atoms with E-state index in [1.54, 1.807) is 62.5 Å². The van der Waals surface area contributed by atoms with Crippen LogP contribution in [0.25, 0.3) is 10.9 Å². The van der Waals surface area contributed by atoms with Crippen LogP contribution < -0.4 is 10.9 Å². The number of ketones is 1. The van der Waals surface area contributed by atoms with Crippen molar-refractivity contribution < 1.29 is 19.1 Å². The van der Waals surface area contributed by atoms with Crippen LogP contribution in [0.1, 0.15) is 35.9 Å². The minimum absolute atomic E-state index is 0.00606. The van der Waals surface area contributed by atoms with Crippen molar-refractivity contribution >= 4 is 34.3 Å². The zero-order valence-corrected chi connectivity index (χ0v) is 17.4. The van der Waals surface area contributed by atoms with Gasteiger partial charge in [-0.05, 0) is 36.4 Å². The third-order valence-corrected chi connectivity index (χ3v) is 4.80. The third-order valence-electron chi connectivity index (χ3n) is 4.80. The number of carbonyl (C=O) groups is 3. The Hall–Kier alpha value is -3.81. The number of para-hydroxylation sites is 1. The van der Waals surface area contributed by atoms with Crippen LogP contribution in [0.4, 0.5) is 5.69 Å². The predicted octanol–water partition coefficient (Wildman–Crippen LogP) is 2.64. The molecule has 0 saturated heterocycles. The minimum atomic E-state index is -0.553. The smallest absolute Gasteiger partial charge is 0.306 e. The molecule has 8 nitrogen and oxygen atoms in total. The summed E-state index contributed by atoms with van der Waals surface area (Å²) >= 11 is 0. The molecular weight excluding hydrogens is 398 g/mol. The molecule has 1 heterocycles. The molecule has 1 amide bonds. The molecule has 0 aliphatic heterocycles. The first-order chi connectivity index (χ1) is 14.9. The fraction of sp³-hybridized carbons (Fsp3) is 0.261. The molecule has 1 N–H and O–H groups in total. The largest absolute Gasteiger partial charge is 0.457 e. The summed E-state index contributed by atoms with van der Waals surface area (Å²) < 4.78 is 6.49. The van der Waals surface area contributed by atoms with Gasteiger partial charge in [-0.25, -0.2) is 4.98 Å². The summed E-state index contributed by atoms with van der Waals surface area (Å²) in [5, 5.41) is 3.21. The molecule has 0 bridgehead atoms. The van der Waals surface area contributed by atoms with Gasteiger partial charge in [-0.1, -0.05) is 19.1 Å². The molecule has 0 atom stereocenters. The Morgan fingerprint density at radius 2 is 1.77 bits per heavy atom. The summed E-state index contributed by atoms with van der Waals surface area (Å²) in [7, 11) is 1.61. The number of carbonyl (C=O) groups excluding carboxylic acids is 3. The first-order valence-electron chi connectivity index (χ1n) is 9.92. The maximum atomic E-state index is 12.4.